The molecule has 1 heterocycles. The summed E-state index contributed by atoms with van der Waals surface area (Å²) >= 11 is 3.40. The van der Waals surface area contributed by atoms with Crippen molar-refractivity contribution in [1.82, 2.24) is 4.98 Å². The fourth-order valence-electron chi connectivity index (χ4n) is 1.90. The molecule has 0 aliphatic heterocycles. The zero-order chi connectivity index (χ0) is 13.8. The number of nitrogens with one attached hydrogen (secondary N) is 1. The highest BCUT2D eigenvalue weighted by Crippen LogP contribution is 2.24. The lowest BCUT2D eigenvalue weighted by molar-refractivity contribution is 0.917. The highest BCUT2D eigenvalue weighted by atomic mass is 79.9. The summed E-state index contributed by atoms with van der Waals surface area (Å²) in [5.41, 5.74) is 8.47. The van der Waals surface area contributed by atoms with Gasteiger partial charge in [0.25, 0.3) is 0 Å². The van der Waals surface area contributed by atoms with Crippen molar-refractivity contribution in [2.24, 2.45) is 5.73 Å². The third-order valence-electron chi connectivity index (χ3n) is 2.83. The van der Waals surface area contributed by atoms with Crippen molar-refractivity contribution in [3.05, 3.63) is 58.3 Å². The zero-order valence-corrected chi connectivity index (χ0v) is 12.2. The van der Waals surface area contributed by atoms with Crippen molar-refractivity contribution < 1.29 is 0 Å². The lowest BCUT2D eigenvalue weighted by Crippen LogP contribution is -2.22. The van der Waals surface area contributed by atoms with Gasteiger partial charge in [0.2, 0.25) is 0 Å². The maximum absolute atomic E-state index is 7.67. The average molecular weight is 319 g/mol. The van der Waals surface area contributed by atoms with Crippen LogP contribution >= 0.6 is 15.9 Å². The van der Waals surface area contributed by atoms with Crippen LogP contribution in [0.15, 0.2) is 47.2 Å². The van der Waals surface area contributed by atoms with Gasteiger partial charge in [-0.1, -0.05) is 15.9 Å². The summed E-state index contributed by atoms with van der Waals surface area (Å²) in [6.07, 6.45) is 3.55. The van der Waals surface area contributed by atoms with E-state index in [1.807, 2.05) is 37.4 Å². The van der Waals surface area contributed by atoms with Gasteiger partial charge in [0.15, 0.2) is 0 Å². The number of halogens is 1. The highest BCUT2D eigenvalue weighted by Gasteiger charge is 2.10. The topological polar surface area (TPSA) is 66.0 Å². The molecule has 1 aromatic heterocycles. The molecular formula is C14H15BrN4. The zero-order valence-electron chi connectivity index (χ0n) is 10.6. The molecule has 2 aromatic rings. The second-order valence-corrected chi connectivity index (χ2v) is 5.20. The maximum atomic E-state index is 7.67. The van der Waals surface area contributed by atoms with Crippen LogP contribution in [0.3, 0.4) is 0 Å². The van der Waals surface area contributed by atoms with E-state index in [0.717, 1.165) is 27.8 Å². The quantitative estimate of drug-likeness (QED) is 0.673. The minimum absolute atomic E-state index is 0.0675. The highest BCUT2D eigenvalue weighted by molar-refractivity contribution is 9.10. The molecule has 1 aromatic carbocycles. The van der Waals surface area contributed by atoms with Gasteiger partial charge in [-0.3, -0.25) is 10.4 Å². The SMILES string of the molecule is CN(Cc1ccncc1)c1ccc(Br)cc1C(=N)N. The minimum Gasteiger partial charge on any atom is -0.384 e. The summed E-state index contributed by atoms with van der Waals surface area (Å²) in [4.78, 5) is 6.07. The largest absolute Gasteiger partial charge is 0.384 e. The van der Waals surface area contributed by atoms with Gasteiger partial charge in [0.05, 0.1) is 0 Å². The Hall–Kier alpha value is -1.88. The number of nitrogens with two attached hydrogens (primary N) is 1. The minimum atomic E-state index is 0.0675. The van der Waals surface area contributed by atoms with E-state index >= 15 is 0 Å². The van der Waals surface area contributed by atoms with Crippen LogP contribution in [0.4, 0.5) is 5.69 Å². The molecule has 98 valence electrons. The third-order valence-corrected chi connectivity index (χ3v) is 3.32. The summed E-state index contributed by atoms with van der Waals surface area (Å²) in [6, 6.07) is 9.72. The molecular weight excluding hydrogens is 304 g/mol. The summed E-state index contributed by atoms with van der Waals surface area (Å²) in [6.45, 7) is 0.741. The van der Waals surface area contributed by atoms with Crippen LogP contribution in [0, 0.1) is 5.41 Å². The number of hydrogen-bond donors (Lipinski definition) is 2. The van der Waals surface area contributed by atoms with E-state index in [1.165, 1.54) is 0 Å². The Morgan fingerprint density at radius 2 is 2.00 bits per heavy atom. The van der Waals surface area contributed by atoms with Gasteiger partial charge in [0.1, 0.15) is 5.84 Å². The molecule has 0 unspecified atom stereocenters. The van der Waals surface area contributed by atoms with Crippen LogP contribution < -0.4 is 10.6 Å². The number of nitrogen functional groups attached to an aromatic ring is 1. The number of anilines is 1. The number of amidine groups is 1. The standard InChI is InChI=1S/C14H15BrN4/c1-19(9-10-4-6-18-7-5-10)13-3-2-11(15)8-12(13)14(16)17/h2-8H,9H2,1H3,(H3,16,17). The predicted molar refractivity (Wildman–Crippen MR) is 81.5 cm³/mol. The Kier molecular flexibility index (Phi) is 4.16. The van der Waals surface area contributed by atoms with Crippen molar-refractivity contribution in [3.8, 4) is 0 Å². The van der Waals surface area contributed by atoms with Crippen molar-refractivity contribution in [1.29, 1.82) is 5.41 Å². The van der Waals surface area contributed by atoms with Crippen LogP contribution in [0.25, 0.3) is 0 Å². The Morgan fingerprint density at radius 1 is 1.32 bits per heavy atom. The molecule has 0 spiro atoms. The summed E-state index contributed by atoms with van der Waals surface area (Å²) < 4.78 is 0.916. The summed E-state index contributed by atoms with van der Waals surface area (Å²) in [7, 11) is 1.98. The molecule has 2 rings (SSSR count). The number of benzene rings is 1. The smallest absolute Gasteiger partial charge is 0.124 e. The van der Waals surface area contributed by atoms with Crippen LogP contribution in [0.5, 0.6) is 0 Å². The van der Waals surface area contributed by atoms with E-state index in [4.69, 9.17) is 11.1 Å². The molecule has 4 nitrogen and oxygen atoms in total. The number of nitrogens with zero attached hydrogens (tertiary/aromatic N) is 2. The molecule has 0 radical (unpaired) electrons. The first kappa shape index (κ1) is 13.5. The first-order valence-electron chi connectivity index (χ1n) is 5.82. The molecule has 3 N–H and O–H groups in total. The number of aromatic nitrogens is 1. The molecule has 0 amide bonds. The van der Waals surface area contributed by atoms with Crippen LogP contribution in [-0.4, -0.2) is 17.9 Å². The third kappa shape index (κ3) is 3.32. The molecule has 0 aliphatic carbocycles. The van der Waals surface area contributed by atoms with Gasteiger partial charge >= 0.3 is 0 Å². The summed E-state index contributed by atoms with van der Waals surface area (Å²) in [5, 5.41) is 7.67. The van der Waals surface area contributed by atoms with Crippen molar-refractivity contribution in [3.63, 3.8) is 0 Å². The van der Waals surface area contributed by atoms with E-state index in [1.54, 1.807) is 12.4 Å². The Labute approximate surface area is 120 Å². The van der Waals surface area contributed by atoms with Crippen molar-refractivity contribution in [2.75, 3.05) is 11.9 Å². The normalized spacial score (nSPS) is 10.2. The van der Waals surface area contributed by atoms with Crippen LogP contribution in [0.2, 0.25) is 0 Å². The fraction of sp³-hybridized carbons (Fsp3) is 0.143. The molecule has 0 fully saturated rings. The second kappa shape index (κ2) is 5.84. The predicted octanol–water partition coefficient (Wildman–Crippen LogP) is 2.76. The van der Waals surface area contributed by atoms with Gasteiger partial charge in [-0.2, -0.15) is 0 Å². The molecule has 0 saturated heterocycles. The Morgan fingerprint density at radius 3 is 2.63 bits per heavy atom. The first-order chi connectivity index (χ1) is 9.08. The van der Waals surface area contributed by atoms with E-state index in [-0.39, 0.29) is 5.84 Å². The molecule has 0 saturated carbocycles. The Balaban J connectivity index is 2.28. The van der Waals surface area contributed by atoms with Gasteiger partial charge < -0.3 is 10.6 Å². The first-order valence-corrected chi connectivity index (χ1v) is 6.61. The van der Waals surface area contributed by atoms with Gasteiger partial charge in [-0.15, -0.1) is 0 Å². The lowest BCUT2D eigenvalue weighted by atomic mass is 10.1. The van der Waals surface area contributed by atoms with Crippen LogP contribution in [-0.2, 0) is 6.54 Å². The van der Waals surface area contributed by atoms with Crippen LogP contribution in [0.1, 0.15) is 11.1 Å². The molecule has 5 heteroatoms. The number of pyridine rings is 1. The fourth-order valence-corrected chi connectivity index (χ4v) is 2.27. The Bertz CT molecular complexity index is 583. The van der Waals surface area contributed by atoms with E-state index in [2.05, 4.69) is 25.8 Å². The average Bonchev–Trinajstić information content (AvgIpc) is 2.39. The van der Waals surface area contributed by atoms with E-state index in [9.17, 15) is 0 Å². The molecule has 0 bridgehead atoms. The monoisotopic (exact) mass is 318 g/mol. The van der Waals surface area contributed by atoms with Gasteiger partial charge in [0, 0.05) is 41.7 Å². The number of hydrogen-bond acceptors (Lipinski definition) is 3. The van der Waals surface area contributed by atoms with Gasteiger partial charge in [-0.05, 0) is 35.9 Å². The number of rotatable bonds is 4. The maximum Gasteiger partial charge on any atom is 0.124 e. The van der Waals surface area contributed by atoms with E-state index < -0.39 is 0 Å². The lowest BCUT2D eigenvalue weighted by Gasteiger charge is -2.22. The molecule has 0 atom stereocenters. The summed E-state index contributed by atoms with van der Waals surface area (Å²) in [5.74, 6) is 0.0675. The van der Waals surface area contributed by atoms with E-state index in [0.29, 0.717) is 0 Å². The van der Waals surface area contributed by atoms with Crippen molar-refractivity contribution >= 4 is 27.5 Å². The van der Waals surface area contributed by atoms with Gasteiger partial charge in [-0.25, -0.2) is 0 Å². The van der Waals surface area contributed by atoms with Crippen molar-refractivity contribution in [2.45, 2.75) is 6.54 Å². The molecule has 19 heavy (non-hydrogen) atoms. The molecule has 0 aliphatic rings. The second-order valence-electron chi connectivity index (χ2n) is 4.29.